The maximum absolute atomic E-state index is 13.9. The van der Waals surface area contributed by atoms with E-state index in [0.717, 1.165) is 11.6 Å². The maximum Gasteiger partial charge on any atom is 0.238 e. The van der Waals surface area contributed by atoms with Crippen LogP contribution in [0.25, 0.3) is 0 Å². The van der Waals surface area contributed by atoms with Gasteiger partial charge in [-0.2, -0.15) is 0 Å². The van der Waals surface area contributed by atoms with Gasteiger partial charge in [-0.1, -0.05) is 6.07 Å². The molecule has 2 N–H and O–H groups in total. The number of halogens is 1. The third-order valence-corrected chi connectivity index (χ3v) is 4.00. The average molecular weight is 284 g/mol. The Bertz CT molecular complexity index is 464. The lowest BCUT2D eigenvalue weighted by Gasteiger charge is -2.19. The van der Waals surface area contributed by atoms with Crippen LogP contribution in [0.2, 0.25) is 0 Å². The highest BCUT2D eigenvalue weighted by Crippen LogP contribution is 2.27. The van der Waals surface area contributed by atoms with E-state index in [0.29, 0.717) is 11.3 Å². The highest BCUT2D eigenvalue weighted by Gasteiger charge is 2.25. The van der Waals surface area contributed by atoms with E-state index >= 15 is 0 Å². The standard InChI is InChI=1S/C13H17FN2O2S/c1-8(16-13(17)10-6-19-7-15-10)12-9(14)4-3-5-11(12)18-2/h3-5,8,10,15H,6-7H2,1-2H3,(H,16,17). The first-order chi connectivity index (χ1) is 9.13. The first-order valence-corrected chi connectivity index (χ1v) is 7.23. The summed E-state index contributed by atoms with van der Waals surface area (Å²) in [4.78, 5) is 12.0. The SMILES string of the molecule is COc1cccc(F)c1C(C)NC(=O)C1CSCN1. The van der Waals surface area contributed by atoms with E-state index < -0.39 is 6.04 Å². The topological polar surface area (TPSA) is 50.4 Å². The molecule has 1 aliphatic heterocycles. The molecule has 2 rings (SSSR count). The van der Waals surface area contributed by atoms with Crippen LogP contribution in [-0.4, -0.2) is 30.7 Å². The Balaban J connectivity index is 2.11. The van der Waals surface area contributed by atoms with E-state index in [1.165, 1.54) is 13.2 Å². The number of benzene rings is 1. The molecule has 2 unspecified atom stereocenters. The summed E-state index contributed by atoms with van der Waals surface area (Å²) in [5, 5.41) is 5.90. The highest BCUT2D eigenvalue weighted by molar-refractivity contribution is 7.99. The Morgan fingerprint density at radius 2 is 2.42 bits per heavy atom. The van der Waals surface area contributed by atoms with Crippen molar-refractivity contribution in [2.75, 3.05) is 18.7 Å². The molecule has 1 aromatic carbocycles. The van der Waals surface area contributed by atoms with Crippen molar-refractivity contribution in [1.29, 1.82) is 0 Å². The lowest BCUT2D eigenvalue weighted by Crippen LogP contribution is -2.43. The lowest BCUT2D eigenvalue weighted by atomic mass is 10.1. The molecule has 104 valence electrons. The zero-order valence-electron chi connectivity index (χ0n) is 10.9. The Morgan fingerprint density at radius 3 is 3.05 bits per heavy atom. The molecule has 0 saturated carbocycles. The van der Waals surface area contributed by atoms with Crippen LogP contribution in [0.1, 0.15) is 18.5 Å². The number of carbonyl (C=O) groups is 1. The molecule has 1 amide bonds. The Morgan fingerprint density at radius 1 is 1.63 bits per heavy atom. The maximum atomic E-state index is 13.9. The number of rotatable bonds is 4. The fourth-order valence-electron chi connectivity index (χ4n) is 2.07. The molecule has 1 saturated heterocycles. The summed E-state index contributed by atoms with van der Waals surface area (Å²) in [6.45, 7) is 1.75. The van der Waals surface area contributed by atoms with Gasteiger partial charge in [-0.05, 0) is 19.1 Å². The molecular weight excluding hydrogens is 267 g/mol. The predicted octanol–water partition coefficient (Wildman–Crippen LogP) is 1.67. The van der Waals surface area contributed by atoms with Gasteiger partial charge in [0.1, 0.15) is 11.6 Å². The summed E-state index contributed by atoms with van der Waals surface area (Å²) in [7, 11) is 1.49. The van der Waals surface area contributed by atoms with Gasteiger partial charge >= 0.3 is 0 Å². The molecule has 6 heteroatoms. The molecule has 0 bridgehead atoms. The third-order valence-electron chi connectivity index (χ3n) is 3.06. The van der Waals surface area contributed by atoms with E-state index in [4.69, 9.17) is 4.74 Å². The fraction of sp³-hybridized carbons (Fsp3) is 0.462. The summed E-state index contributed by atoms with van der Waals surface area (Å²) >= 11 is 1.67. The second-order valence-electron chi connectivity index (χ2n) is 4.36. The van der Waals surface area contributed by atoms with E-state index in [9.17, 15) is 9.18 Å². The van der Waals surface area contributed by atoms with Crippen molar-refractivity contribution in [1.82, 2.24) is 10.6 Å². The van der Waals surface area contributed by atoms with Crippen LogP contribution in [0.3, 0.4) is 0 Å². The smallest absolute Gasteiger partial charge is 0.238 e. The van der Waals surface area contributed by atoms with Gasteiger partial charge in [0.05, 0.1) is 24.8 Å². The van der Waals surface area contributed by atoms with E-state index in [2.05, 4.69) is 10.6 Å². The van der Waals surface area contributed by atoms with Gasteiger partial charge < -0.3 is 10.1 Å². The number of hydrogen-bond acceptors (Lipinski definition) is 4. The minimum absolute atomic E-state index is 0.109. The van der Waals surface area contributed by atoms with Crippen LogP contribution >= 0.6 is 11.8 Å². The van der Waals surface area contributed by atoms with Crippen LogP contribution in [-0.2, 0) is 4.79 Å². The third kappa shape index (κ3) is 3.19. The number of nitrogens with one attached hydrogen (secondary N) is 2. The molecule has 0 aliphatic carbocycles. The molecular formula is C13H17FN2O2S. The predicted molar refractivity (Wildman–Crippen MR) is 73.8 cm³/mol. The second kappa shape index (κ2) is 6.25. The van der Waals surface area contributed by atoms with Gasteiger partial charge in [0.25, 0.3) is 0 Å². The zero-order valence-corrected chi connectivity index (χ0v) is 11.7. The first-order valence-electron chi connectivity index (χ1n) is 6.07. The second-order valence-corrected chi connectivity index (χ2v) is 5.39. The largest absolute Gasteiger partial charge is 0.496 e. The molecule has 1 aliphatic rings. The quantitative estimate of drug-likeness (QED) is 0.883. The van der Waals surface area contributed by atoms with Crippen LogP contribution in [0, 0.1) is 5.82 Å². The van der Waals surface area contributed by atoms with Crippen molar-refractivity contribution in [3.05, 3.63) is 29.6 Å². The van der Waals surface area contributed by atoms with Gasteiger partial charge in [0.15, 0.2) is 0 Å². The van der Waals surface area contributed by atoms with E-state index in [1.807, 2.05) is 0 Å². The number of hydrogen-bond donors (Lipinski definition) is 2. The van der Waals surface area contributed by atoms with Gasteiger partial charge in [-0.25, -0.2) is 4.39 Å². The van der Waals surface area contributed by atoms with Crippen LogP contribution in [0.4, 0.5) is 4.39 Å². The van der Waals surface area contributed by atoms with Gasteiger partial charge in [0.2, 0.25) is 5.91 Å². The summed E-state index contributed by atoms with van der Waals surface area (Å²) < 4.78 is 19.0. The molecule has 2 atom stereocenters. The zero-order chi connectivity index (χ0) is 13.8. The fourth-order valence-corrected chi connectivity index (χ4v) is 3.01. The Hall–Kier alpha value is -1.27. The summed E-state index contributed by atoms with van der Waals surface area (Å²) in [6, 6.07) is 4.00. The molecule has 4 nitrogen and oxygen atoms in total. The molecule has 1 fully saturated rings. The Kier molecular flexibility index (Phi) is 4.66. The monoisotopic (exact) mass is 284 g/mol. The van der Waals surface area contributed by atoms with Crippen molar-refractivity contribution in [3.63, 3.8) is 0 Å². The van der Waals surface area contributed by atoms with Crippen molar-refractivity contribution >= 4 is 17.7 Å². The molecule has 0 aromatic heterocycles. The van der Waals surface area contributed by atoms with Crippen molar-refractivity contribution in [3.8, 4) is 5.75 Å². The van der Waals surface area contributed by atoms with Gasteiger partial charge in [-0.3, -0.25) is 10.1 Å². The lowest BCUT2D eigenvalue weighted by molar-refractivity contribution is -0.123. The Labute approximate surface area is 116 Å². The summed E-state index contributed by atoms with van der Waals surface area (Å²) in [5.41, 5.74) is 0.379. The molecule has 0 radical (unpaired) electrons. The van der Waals surface area contributed by atoms with Gasteiger partial charge in [-0.15, -0.1) is 11.8 Å². The van der Waals surface area contributed by atoms with E-state index in [1.54, 1.807) is 30.8 Å². The van der Waals surface area contributed by atoms with Crippen LogP contribution in [0.5, 0.6) is 5.75 Å². The van der Waals surface area contributed by atoms with Crippen molar-refractivity contribution < 1.29 is 13.9 Å². The number of ether oxygens (including phenoxy) is 1. The molecule has 1 heterocycles. The molecule has 19 heavy (non-hydrogen) atoms. The summed E-state index contributed by atoms with van der Waals surface area (Å²) in [5.74, 6) is 1.48. The average Bonchev–Trinajstić information content (AvgIpc) is 2.92. The van der Waals surface area contributed by atoms with Gasteiger partial charge in [0, 0.05) is 11.6 Å². The number of methoxy groups -OCH3 is 1. The summed E-state index contributed by atoms with van der Waals surface area (Å²) in [6.07, 6.45) is 0. The normalized spacial score (nSPS) is 20.1. The number of carbonyl (C=O) groups excluding carboxylic acids is 1. The van der Waals surface area contributed by atoms with Crippen LogP contribution < -0.4 is 15.4 Å². The first kappa shape index (κ1) is 14.1. The number of amides is 1. The minimum atomic E-state index is -0.434. The number of thioether (sulfide) groups is 1. The van der Waals surface area contributed by atoms with Crippen LogP contribution in [0.15, 0.2) is 18.2 Å². The molecule has 0 spiro atoms. The minimum Gasteiger partial charge on any atom is -0.496 e. The van der Waals surface area contributed by atoms with Crippen molar-refractivity contribution in [2.45, 2.75) is 19.0 Å². The highest BCUT2D eigenvalue weighted by atomic mass is 32.2. The van der Waals surface area contributed by atoms with Crippen molar-refractivity contribution in [2.24, 2.45) is 0 Å². The van der Waals surface area contributed by atoms with E-state index in [-0.39, 0.29) is 17.8 Å². The molecule has 1 aromatic rings.